The monoisotopic (exact) mass is 263 g/mol. The van der Waals surface area contributed by atoms with Gasteiger partial charge in [0.15, 0.2) is 11.6 Å². The second-order valence-electron chi connectivity index (χ2n) is 4.11. The molecule has 0 aliphatic rings. The van der Waals surface area contributed by atoms with E-state index in [0.29, 0.717) is 24.9 Å². The number of nitrogens with two attached hydrogens (primary N) is 2. The van der Waals surface area contributed by atoms with Crippen LogP contribution in [0.4, 0.5) is 11.8 Å². The van der Waals surface area contributed by atoms with E-state index in [0.717, 1.165) is 12.1 Å². The average molecular weight is 263 g/mol. The number of aromatic hydroxyl groups is 1. The van der Waals surface area contributed by atoms with Crippen molar-refractivity contribution in [3.8, 4) is 5.75 Å². The number of hydrogen-bond acceptors (Lipinski definition) is 7. The van der Waals surface area contributed by atoms with Crippen LogP contribution in [0.1, 0.15) is 18.0 Å². The zero-order chi connectivity index (χ0) is 13.7. The third-order valence-corrected chi connectivity index (χ3v) is 2.72. The number of nitrogens with one attached hydrogen (secondary N) is 2. The van der Waals surface area contributed by atoms with Gasteiger partial charge < -0.3 is 21.9 Å². The third-order valence-electron chi connectivity index (χ3n) is 2.72. The second-order valence-corrected chi connectivity index (χ2v) is 4.11. The molecule has 0 saturated heterocycles. The van der Waals surface area contributed by atoms with Gasteiger partial charge in [-0.15, -0.1) is 0 Å². The van der Waals surface area contributed by atoms with Crippen molar-refractivity contribution < 1.29 is 5.11 Å². The van der Waals surface area contributed by atoms with Crippen LogP contribution in [0.25, 0.3) is 0 Å². The lowest BCUT2D eigenvalue weighted by Gasteiger charge is -2.09. The first kappa shape index (κ1) is 13.2. The average Bonchev–Trinajstić information content (AvgIpc) is 2.87. The van der Waals surface area contributed by atoms with Gasteiger partial charge in [-0.1, -0.05) is 0 Å². The molecule has 2 rings (SSSR count). The first-order valence-electron chi connectivity index (χ1n) is 5.96. The van der Waals surface area contributed by atoms with Crippen molar-refractivity contribution in [3.05, 3.63) is 24.2 Å². The minimum absolute atomic E-state index is 0.0133. The van der Waals surface area contributed by atoms with Gasteiger partial charge in [-0.25, -0.2) is 9.97 Å². The van der Waals surface area contributed by atoms with Gasteiger partial charge in [0.2, 0.25) is 5.95 Å². The molecule has 2 aromatic heterocycles. The third kappa shape index (κ3) is 3.39. The molecule has 1 atom stereocenters. The van der Waals surface area contributed by atoms with Crippen LogP contribution in [0.2, 0.25) is 0 Å². The Hall–Kier alpha value is -2.19. The number of hydrogen-bond donors (Lipinski definition) is 5. The Kier molecular flexibility index (Phi) is 4.26. The molecule has 8 nitrogen and oxygen atoms in total. The van der Waals surface area contributed by atoms with Crippen molar-refractivity contribution in [2.45, 2.75) is 12.3 Å². The van der Waals surface area contributed by atoms with E-state index >= 15 is 0 Å². The summed E-state index contributed by atoms with van der Waals surface area (Å²) in [6.07, 6.45) is 3.41. The highest BCUT2D eigenvalue weighted by molar-refractivity contribution is 5.48. The normalized spacial score (nSPS) is 12.3. The molecule has 0 spiro atoms. The summed E-state index contributed by atoms with van der Waals surface area (Å²) in [5.74, 6) is 1.13. The summed E-state index contributed by atoms with van der Waals surface area (Å²) < 4.78 is 0. The maximum atomic E-state index is 9.09. The molecule has 102 valence electrons. The van der Waals surface area contributed by atoms with E-state index in [2.05, 4.69) is 25.5 Å². The molecule has 0 bridgehead atoms. The van der Waals surface area contributed by atoms with Gasteiger partial charge in [-0.05, 0) is 13.0 Å². The molecule has 1 unspecified atom stereocenters. The molecule has 8 heteroatoms. The lowest BCUT2D eigenvalue weighted by Crippen LogP contribution is -2.16. The van der Waals surface area contributed by atoms with Crippen molar-refractivity contribution in [2.75, 3.05) is 18.4 Å². The zero-order valence-electron chi connectivity index (χ0n) is 10.4. The van der Waals surface area contributed by atoms with Gasteiger partial charge in [-0.3, -0.25) is 5.10 Å². The van der Waals surface area contributed by atoms with Crippen LogP contribution < -0.4 is 16.8 Å². The Morgan fingerprint density at radius 1 is 1.32 bits per heavy atom. The van der Waals surface area contributed by atoms with Gasteiger partial charge in [0.1, 0.15) is 0 Å². The van der Waals surface area contributed by atoms with E-state index in [4.69, 9.17) is 16.6 Å². The lowest BCUT2D eigenvalue weighted by molar-refractivity contribution is 0.470. The Balaban J connectivity index is 2.06. The van der Waals surface area contributed by atoms with Crippen molar-refractivity contribution in [2.24, 2.45) is 11.5 Å². The fourth-order valence-corrected chi connectivity index (χ4v) is 1.71. The first-order chi connectivity index (χ1) is 9.22. The predicted molar refractivity (Wildman–Crippen MR) is 71.0 cm³/mol. The smallest absolute Gasteiger partial charge is 0.228 e. The SMILES string of the molecule is NCCC(CN)c1cc(Nc2ncc(O)cn2)n[nH]1. The highest BCUT2D eigenvalue weighted by atomic mass is 16.3. The molecule has 0 amide bonds. The van der Waals surface area contributed by atoms with E-state index in [1.165, 1.54) is 12.4 Å². The fraction of sp³-hybridized carbons (Fsp3) is 0.364. The van der Waals surface area contributed by atoms with Crippen molar-refractivity contribution in [3.63, 3.8) is 0 Å². The van der Waals surface area contributed by atoms with Gasteiger partial charge in [-0.2, -0.15) is 5.10 Å². The molecule has 0 aliphatic carbocycles. The molecule has 0 fully saturated rings. The highest BCUT2D eigenvalue weighted by Gasteiger charge is 2.12. The molecule has 0 radical (unpaired) electrons. The minimum Gasteiger partial charge on any atom is -0.505 e. The maximum Gasteiger partial charge on any atom is 0.228 e. The molecule has 0 aromatic carbocycles. The summed E-state index contributed by atoms with van der Waals surface area (Å²) in [7, 11) is 0. The molecule has 7 N–H and O–H groups in total. The molecular weight excluding hydrogens is 246 g/mol. The highest BCUT2D eigenvalue weighted by Crippen LogP contribution is 2.19. The van der Waals surface area contributed by atoms with Crippen LogP contribution in [-0.2, 0) is 0 Å². The van der Waals surface area contributed by atoms with Gasteiger partial charge in [0, 0.05) is 24.2 Å². The number of aromatic nitrogens is 4. The van der Waals surface area contributed by atoms with Crippen LogP contribution >= 0.6 is 0 Å². The molecule has 2 heterocycles. The summed E-state index contributed by atoms with van der Waals surface area (Å²) >= 11 is 0. The summed E-state index contributed by atoms with van der Waals surface area (Å²) in [6, 6.07) is 1.85. The number of H-pyrrole nitrogens is 1. The van der Waals surface area contributed by atoms with Crippen LogP contribution in [-0.4, -0.2) is 38.4 Å². The number of nitrogens with zero attached hydrogens (tertiary/aromatic N) is 3. The van der Waals surface area contributed by atoms with E-state index in [-0.39, 0.29) is 11.7 Å². The minimum atomic E-state index is 0.0133. The topological polar surface area (TPSA) is 139 Å². The van der Waals surface area contributed by atoms with E-state index < -0.39 is 0 Å². The standard InChI is InChI=1S/C11H17N7O/c12-2-1-7(4-13)9-3-10(18-17-9)16-11-14-5-8(19)6-15-11/h3,5-7,19H,1-2,4,12-13H2,(H2,14,15,16,17,18). The Labute approximate surface area is 110 Å². The van der Waals surface area contributed by atoms with E-state index in [1.807, 2.05) is 6.07 Å². The molecule has 0 aliphatic heterocycles. The lowest BCUT2D eigenvalue weighted by atomic mass is 10.0. The second kappa shape index (κ2) is 6.12. The number of anilines is 2. The molecule has 2 aromatic rings. The Bertz CT molecular complexity index is 510. The zero-order valence-corrected chi connectivity index (χ0v) is 10.4. The molecule has 0 saturated carbocycles. The summed E-state index contributed by atoms with van der Waals surface area (Å²) in [4.78, 5) is 7.83. The van der Waals surface area contributed by atoms with Crippen LogP contribution in [0, 0.1) is 0 Å². The van der Waals surface area contributed by atoms with E-state index in [1.54, 1.807) is 0 Å². The first-order valence-corrected chi connectivity index (χ1v) is 5.96. The summed E-state index contributed by atoms with van der Waals surface area (Å²) in [5, 5.41) is 19.0. The molecular formula is C11H17N7O. The Morgan fingerprint density at radius 2 is 2.05 bits per heavy atom. The maximum absolute atomic E-state index is 9.09. The van der Waals surface area contributed by atoms with Gasteiger partial charge in [0.05, 0.1) is 12.4 Å². The quantitative estimate of drug-likeness (QED) is 0.495. The van der Waals surface area contributed by atoms with Crippen molar-refractivity contribution in [1.82, 2.24) is 20.2 Å². The van der Waals surface area contributed by atoms with Crippen molar-refractivity contribution >= 4 is 11.8 Å². The van der Waals surface area contributed by atoms with Gasteiger partial charge in [0.25, 0.3) is 0 Å². The van der Waals surface area contributed by atoms with Crippen LogP contribution in [0.15, 0.2) is 18.5 Å². The predicted octanol–water partition coefficient (Wildman–Crippen LogP) is 0.0400. The summed E-state index contributed by atoms with van der Waals surface area (Å²) in [5.41, 5.74) is 12.2. The largest absolute Gasteiger partial charge is 0.505 e. The van der Waals surface area contributed by atoms with Crippen LogP contribution in [0.5, 0.6) is 5.75 Å². The van der Waals surface area contributed by atoms with E-state index in [9.17, 15) is 0 Å². The molecule has 19 heavy (non-hydrogen) atoms. The number of rotatable bonds is 6. The van der Waals surface area contributed by atoms with Crippen molar-refractivity contribution in [1.29, 1.82) is 0 Å². The van der Waals surface area contributed by atoms with Crippen LogP contribution in [0.3, 0.4) is 0 Å². The number of aromatic amines is 1. The Morgan fingerprint density at radius 3 is 2.68 bits per heavy atom. The summed E-state index contributed by atoms with van der Waals surface area (Å²) in [6.45, 7) is 1.08. The van der Waals surface area contributed by atoms with Gasteiger partial charge >= 0.3 is 0 Å². The fourth-order valence-electron chi connectivity index (χ4n) is 1.71.